The standard InChI is InChI=1S/C19H16NO4P/c1-16(17-12-14-20-15-13-17)22-25(21,23-18-8-4-2-5-9-18)24-19-10-6-3-7-11-19/h2-15H,1H2. The van der Waals surface area contributed by atoms with Gasteiger partial charge in [0.15, 0.2) is 0 Å². The van der Waals surface area contributed by atoms with Gasteiger partial charge in [0.25, 0.3) is 0 Å². The fourth-order valence-corrected chi connectivity index (χ4v) is 3.25. The highest BCUT2D eigenvalue weighted by atomic mass is 31.2. The molecule has 0 atom stereocenters. The number of phosphoric acid groups is 1. The summed E-state index contributed by atoms with van der Waals surface area (Å²) in [5, 5.41) is 0. The lowest BCUT2D eigenvalue weighted by atomic mass is 10.2. The molecule has 0 bridgehead atoms. The van der Waals surface area contributed by atoms with Crippen molar-refractivity contribution in [1.82, 2.24) is 4.98 Å². The fraction of sp³-hybridized carbons (Fsp3) is 0. The monoisotopic (exact) mass is 353 g/mol. The Labute approximate surface area is 146 Å². The average molecular weight is 353 g/mol. The molecule has 0 saturated carbocycles. The highest BCUT2D eigenvalue weighted by molar-refractivity contribution is 7.49. The molecule has 2 aromatic carbocycles. The zero-order valence-electron chi connectivity index (χ0n) is 13.3. The van der Waals surface area contributed by atoms with Gasteiger partial charge in [0, 0.05) is 18.0 Å². The molecule has 6 heteroatoms. The number of pyridine rings is 1. The summed E-state index contributed by atoms with van der Waals surface area (Å²) in [4.78, 5) is 3.93. The molecule has 0 aliphatic carbocycles. The van der Waals surface area contributed by atoms with Gasteiger partial charge in [0.1, 0.15) is 17.3 Å². The zero-order valence-corrected chi connectivity index (χ0v) is 14.2. The molecule has 0 unspecified atom stereocenters. The van der Waals surface area contributed by atoms with Gasteiger partial charge in [0.05, 0.1) is 0 Å². The van der Waals surface area contributed by atoms with E-state index in [1.165, 1.54) is 0 Å². The lowest BCUT2D eigenvalue weighted by Gasteiger charge is -2.20. The van der Waals surface area contributed by atoms with Crippen LogP contribution in [0.15, 0.2) is 91.8 Å². The van der Waals surface area contributed by atoms with Crippen molar-refractivity contribution in [3.05, 3.63) is 97.3 Å². The molecule has 0 amide bonds. The lowest BCUT2D eigenvalue weighted by Crippen LogP contribution is -2.04. The minimum atomic E-state index is -4.00. The zero-order chi connectivity index (χ0) is 17.5. The second-order valence-electron chi connectivity index (χ2n) is 5.01. The van der Waals surface area contributed by atoms with Gasteiger partial charge in [-0.1, -0.05) is 43.0 Å². The maximum absolute atomic E-state index is 13.2. The van der Waals surface area contributed by atoms with Crippen molar-refractivity contribution < 1.29 is 18.1 Å². The highest BCUT2D eigenvalue weighted by Gasteiger charge is 2.33. The van der Waals surface area contributed by atoms with E-state index in [0.717, 1.165) is 0 Å². The normalized spacial score (nSPS) is 10.7. The summed E-state index contributed by atoms with van der Waals surface area (Å²) in [5.41, 5.74) is 0.628. The molecular weight excluding hydrogens is 337 g/mol. The van der Waals surface area contributed by atoms with Crippen LogP contribution in [0.3, 0.4) is 0 Å². The van der Waals surface area contributed by atoms with Crippen LogP contribution in [0.2, 0.25) is 0 Å². The molecule has 0 fully saturated rings. The number of hydrogen-bond acceptors (Lipinski definition) is 5. The van der Waals surface area contributed by atoms with E-state index in [1.54, 1.807) is 73.1 Å². The Kier molecular flexibility index (Phi) is 5.17. The Morgan fingerprint density at radius 3 is 1.76 bits per heavy atom. The Morgan fingerprint density at radius 2 is 1.28 bits per heavy atom. The molecule has 0 aliphatic heterocycles. The van der Waals surface area contributed by atoms with Gasteiger partial charge in [-0.25, -0.2) is 0 Å². The molecule has 3 rings (SSSR count). The van der Waals surface area contributed by atoms with Gasteiger partial charge in [-0.15, -0.1) is 0 Å². The van der Waals surface area contributed by atoms with Crippen molar-refractivity contribution in [2.24, 2.45) is 0 Å². The summed E-state index contributed by atoms with van der Waals surface area (Å²) in [7, 11) is -4.00. The van der Waals surface area contributed by atoms with Crippen LogP contribution in [0.25, 0.3) is 5.76 Å². The van der Waals surface area contributed by atoms with Gasteiger partial charge in [-0.05, 0) is 36.4 Å². The molecule has 1 aromatic heterocycles. The van der Waals surface area contributed by atoms with Crippen LogP contribution in [0.1, 0.15) is 5.56 Å². The average Bonchev–Trinajstić information content (AvgIpc) is 2.64. The minimum absolute atomic E-state index is 0.164. The number of phosphoric ester groups is 1. The maximum Gasteiger partial charge on any atom is 0.647 e. The molecule has 1 heterocycles. The van der Waals surface area contributed by atoms with E-state index in [0.29, 0.717) is 17.1 Å². The number of rotatable bonds is 7. The van der Waals surface area contributed by atoms with Crippen LogP contribution in [-0.4, -0.2) is 4.98 Å². The first-order chi connectivity index (χ1) is 12.1. The molecule has 0 saturated heterocycles. The van der Waals surface area contributed by atoms with Crippen molar-refractivity contribution >= 4 is 13.6 Å². The quantitative estimate of drug-likeness (QED) is 0.424. The van der Waals surface area contributed by atoms with E-state index >= 15 is 0 Å². The summed E-state index contributed by atoms with van der Waals surface area (Å²) < 4.78 is 29.8. The van der Waals surface area contributed by atoms with Crippen LogP contribution in [0.5, 0.6) is 11.5 Å². The largest absolute Gasteiger partial charge is 0.647 e. The summed E-state index contributed by atoms with van der Waals surface area (Å²) in [5.74, 6) is 0.895. The molecule has 5 nitrogen and oxygen atoms in total. The summed E-state index contributed by atoms with van der Waals surface area (Å²) >= 11 is 0. The molecule has 0 aliphatic rings. The number of nitrogens with zero attached hydrogens (tertiary/aromatic N) is 1. The second kappa shape index (κ2) is 7.69. The van der Waals surface area contributed by atoms with Crippen LogP contribution in [0, 0.1) is 0 Å². The van der Waals surface area contributed by atoms with Crippen molar-refractivity contribution in [2.75, 3.05) is 0 Å². The first kappa shape index (κ1) is 16.8. The van der Waals surface area contributed by atoms with Crippen LogP contribution in [0.4, 0.5) is 0 Å². The topological polar surface area (TPSA) is 57.7 Å². The van der Waals surface area contributed by atoms with Gasteiger partial charge >= 0.3 is 7.82 Å². The first-order valence-corrected chi connectivity index (χ1v) is 8.99. The number of hydrogen-bond donors (Lipinski definition) is 0. The Balaban J connectivity index is 1.85. The summed E-state index contributed by atoms with van der Waals surface area (Å²) in [6, 6.07) is 20.8. The van der Waals surface area contributed by atoms with Gasteiger partial charge in [-0.3, -0.25) is 4.98 Å². The predicted molar refractivity (Wildman–Crippen MR) is 96.1 cm³/mol. The number of benzene rings is 2. The molecule has 126 valence electrons. The Hall–Kier alpha value is -3.04. The van der Waals surface area contributed by atoms with E-state index in [1.807, 2.05) is 12.1 Å². The third kappa shape index (κ3) is 4.72. The maximum atomic E-state index is 13.2. The van der Waals surface area contributed by atoms with E-state index in [-0.39, 0.29) is 5.76 Å². The van der Waals surface area contributed by atoms with Crippen molar-refractivity contribution in [3.8, 4) is 11.5 Å². The smallest absolute Gasteiger partial charge is 0.386 e. The third-order valence-electron chi connectivity index (χ3n) is 3.15. The minimum Gasteiger partial charge on any atom is -0.386 e. The van der Waals surface area contributed by atoms with Crippen LogP contribution >= 0.6 is 7.82 Å². The van der Waals surface area contributed by atoms with Gasteiger partial charge in [0.2, 0.25) is 0 Å². The highest BCUT2D eigenvalue weighted by Crippen LogP contribution is 2.52. The first-order valence-electron chi connectivity index (χ1n) is 7.53. The van der Waals surface area contributed by atoms with Gasteiger partial charge < -0.3 is 13.6 Å². The molecule has 0 N–H and O–H groups in total. The molecule has 3 aromatic rings. The van der Waals surface area contributed by atoms with Crippen molar-refractivity contribution in [2.45, 2.75) is 0 Å². The molecule has 25 heavy (non-hydrogen) atoms. The van der Waals surface area contributed by atoms with Crippen LogP contribution < -0.4 is 9.05 Å². The van der Waals surface area contributed by atoms with Gasteiger partial charge in [-0.2, -0.15) is 4.57 Å². The van der Waals surface area contributed by atoms with Crippen molar-refractivity contribution in [1.29, 1.82) is 0 Å². The molecular formula is C19H16NO4P. The lowest BCUT2D eigenvalue weighted by molar-refractivity contribution is 0.285. The third-order valence-corrected chi connectivity index (χ3v) is 4.46. The Morgan fingerprint density at radius 1 is 0.800 bits per heavy atom. The van der Waals surface area contributed by atoms with Crippen LogP contribution in [-0.2, 0) is 9.09 Å². The fourth-order valence-electron chi connectivity index (χ4n) is 2.00. The van der Waals surface area contributed by atoms with E-state index in [4.69, 9.17) is 13.6 Å². The SMILES string of the molecule is C=C(OP(=O)(Oc1ccccc1)Oc1ccccc1)c1ccncc1. The number of para-hydroxylation sites is 2. The molecule has 0 radical (unpaired) electrons. The van der Waals surface area contributed by atoms with E-state index in [2.05, 4.69) is 11.6 Å². The predicted octanol–water partition coefficient (Wildman–Crippen LogP) is 5.34. The van der Waals surface area contributed by atoms with E-state index < -0.39 is 7.82 Å². The summed E-state index contributed by atoms with van der Waals surface area (Å²) in [6.07, 6.45) is 3.18. The van der Waals surface area contributed by atoms with Crippen molar-refractivity contribution in [3.63, 3.8) is 0 Å². The second-order valence-corrected chi connectivity index (χ2v) is 6.45. The van der Waals surface area contributed by atoms with E-state index in [9.17, 15) is 4.57 Å². The number of aromatic nitrogens is 1. The Bertz CT molecular complexity index is 824. The molecule has 0 spiro atoms. The summed E-state index contributed by atoms with van der Waals surface area (Å²) in [6.45, 7) is 3.81.